The second-order valence-corrected chi connectivity index (χ2v) is 4.14. The van der Waals surface area contributed by atoms with Gasteiger partial charge in [-0.3, -0.25) is 9.69 Å². The second-order valence-electron chi connectivity index (χ2n) is 4.14. The molecule has 0 aliphatic carbocycles. The minimum atomic E-state index is -0.0471. The van der Waals surface area contributed by atoms with Crippen molar-refractivity contribution in [1.29, 1.82) is 0 Å². The van der Waals surface area contributed by atoms with Gasteiger partial charge in [0.05, 0.1) is 17.9 Å². The van der Waals surface area contributed by atoms with E-state index in [1.165, 1.54) is 0 Å². The molecule has 1 aromatic rings. The Bertz CT molecular complexity index is 372. The molecule has 18 heavy (non-hydrogen) atoms. The molecule has 1 aromatic carbocycles. The maximum atomic E-state index is 11.7. The van der Waals surface area contributed by atoms with E-state index in [9.17, 15) is 4.79 Å². The zero-order valence-corrected chi connectivity index (χ0v) is 12.5. The number of nitrogen functional groups attached to an aromatic ring is 1. The Morgan fingerprint density at radius 1 is 1.33 bits per heavy atom. The van der Waals surface area contributed by atoms with E-state index in [1.54, 1.807) is 12.1 Å². The lowest BCUT2D eigenvalue weighted by Gasteiger charge is -2.20. The smallest absolute Gasteiger partial charge is 0.238 e. The monoisotopic (exact) mass is 293 g/mol. The molecule has 0 saturated carbocycles. The molecule has 1 amide bonds. The molecule has 104 valence electrons. The predicted octanol–water partition coefficient (Wildman–Crippen LogP) is 2.39. The molecular weight excluding hydrogens is 273 g/mol. The van der Waals surface area contributed by atoms with E-state index in [0.29, 0.717) is 24.0 Å². The summed E-state index contributed by atoms with van der Waals surface area (Å²) in [6.07, 6.45) is 0. The van der Waals surface area contributed by atoms with E-state index < -0.39 is 0 Å². The first-order valence-corrected chi connectivity index (χ1v) is 5.35. The summed E-state index contributed by atoms with van der Waals surface area (Å²) < 4.78 is 0. The van der Waals surface area contributed by atoms with Crippen LogP contribution in [0.25, 0.3) is 0 Å². The Hall–Kier alpha value is -0.970. The fourth-order valence-electron chi connectivity index (χ4n) is 1.21. The average Bonchev–Trinajstić information content (AvgIpc) is 2.21. The van der Waals surface area contributed by atoms with Crippen LogP contribution in [0.15, 0.2) is 24.3 Å². The van der Waals surface area contributed by atoms with Gasteiger partial charge in [0.1, 0.15) is 0 Å². The van der Waals surface area contributed by atoms with Crippen molar-refractivity contribution in [3.8, 4) is 0 Å². The van der Waals surface area contributed by atoms with Crippen molar-refractivity contribution in [1.82, 2.24) is 4.90 Å². The molecule has 0 unspecified atom stereocenters. The number of hydrogen-bond acceptors (Lipinski definition) is 3. The number of nitrogens with one attached hydrogen (secondary N) is 1. The van der Waals surface area contributed by atoms with Gasteiger partial charge in [0, 0.05) is 6.04 Å². The van der Waals surface area contributed by atoms with Crippen molar-refractivity contribution in [2.75, 3.05) is 24.6 Å². The highest BCUT2D eigenvalue weighted by Crippen LogP contribution is 2.16. The largest absolute Gasteiger partial charge is 0.397 e. The third kappa shape index (κ3) is 6.10. The Balaban J connectivity index is 0. The molecule has 4 nitrogen and oxygen atoms in total. The number of anilines is 2. The molecule has 0 aromatic heterocycles. The van der Waals surface area contributed by atoms with Crippen LogP contribution >= 0.6 is 24.8 Å². The molecule has 0 saturated heterocycles. The molecule has 0 atom stereocenters. The summed E-state index contributed by atoms with van der Waals surface area (Å²) in [5.41, 5.74) is 6.99. The summed E-state index contributed by atoms with van der Waals surface area (Å²) in [4.78, 5) is 13.6. The molecule has 0 heterocycles. The number of para-hydroxylation sites is 2. The van der Waals surface area contributed by atoms with Crippen LogP contribution in [-0.4, -0.2) is 30.4 Å². The quantitative estimate of drug-likeness (QED) is 0.838. The van der Waals surface area contributed by atoms with Crippen LogP contribution in [0.4, 0.5) is 11.4 Å². The number of hydrogen-bond donors (Lipinski definition) is 2. The van der Waals surface area contributed by atoms with Crippen LogP contribution in [0.1, 0.15) is 13.8 Å². The van der Waals surface area contributed by atoms with E-state index in [1.807, 2.05) is 37.9 Å². The van der Waals surface area contributed by atoms with Crippen molar-refractivity contribution in [2.45, 2.75) is 19.9 Å². The summed E-state index contributed by atoms with van der Waals surface area (Å²) in [5.74, 6) is -0.0471. The summed E-state index contributed by atoms with van der Waals surface area (Å²) in [6, 6.07) is 7.59. The van der Waals surface area contributed by atoms with Gasteiger partial charge in [-0.2, -0.15) is 0 Å². The van der Waals surface area contributed by atoms with Gasteiger partial charge in [-0.1, -0.05) is 12.1 Å². The Morgan fingerprint density at radius 3 is 2.39 bits per heavy atom. The van der Waals surface area contributed by atoms with Gasteiger partial charge in [0.2, 0.25) is 5.91 Å². The summed E-state index contributed by atoms with van der Waals surface area (Å²) in [5, 5.41) is 2.79. The number of carbonyl (C=O) groups is 1. The highest BCUT2D eigenvalue weighted by molar-refractivity contribution is 5.95. The van der Waals surface area contributed by atoms with E-state index in [2.05, 4.69) is 5.32 Å². The highest BCUT2D eigenvalue weighted by atomic mass is 35.5. The van der Waals surface area contributed by atoms with E-state index in [4.69, 9.17) is 5.73 Å². The highest BCUT2D eigenvalue weighted by Gasteiger charge is 2.10. The van der Waals surface area contributed by atoms with Crippen LogP contribution in [-0.2, 0) is 4.79 Å². The van der Waals surface area contributed by atoms with Crippen molar-refractivity contribution in [3.63, 3.8) is 0 Å². The van der Waals surface area contributed by atoms with Crippen molar-refractivity contribution in [3.05, 3.63) is 24.3 Å². The number of carbonyl (C=O) groups excluding carboxylic acids is 1. The maximum absolute atomic E-state index is 11.7. The molecule has 0 aliphatic heterocycles. The molecule has 0 aliphatic rings. The van der Waals surface area contributed by atoms with Gasteiger partial charge in [-0.15, -0.1) is 24.8 Å². The average molecular weight is 294 g/mol. The molecular formula is C12H21Cl2N3O. The van der Waals surface area contributed by atoms with Gasteiger partial charge in [-0.05, 0) is 33.0 Å². The second kappa shape index (κ2) is 9.03. The number of halogens is 2. The first-order valence-electron chi connectivity index (χ1n) is 5.35. The lowest BCUT2D eigenvalue weighted by atomic mass is 10.2. The van der Waals surface area contributed by atoms with Gasteiger partial charge in [-0.25, -0.2) is 0 Å². The number of amides is 1. The molecule has 3 N–H and O–H groups in total. The van der Waals surface area contributed by atoms with Gasteiger partial charge >= 0.3 is 0 Å². The Morgan fingerprint density at radius 2 is 1.89 bits per heavy atom. The first kappa shape index (κ1) is 19.4. The van der Waals surface area contributed by atoms with Crippen molar-refractivity contribution < 1.29 is 4.79 Å². The molecule has 0 bridgehead atoms. The minimum Gasteiger partial charge on any atom is -0.397 e. The predicted molar refractivity (Wildman–Crippen MR) is 81.7 cm³/mol. The minimum absolute atomic E-state index is 0. The van der Waals surface area contributed by atoms with Crippen LogP contribution < -0.4 is 11.1 Å². The normalized spacial score (nSPS) is 9.61. The molecule has 1 rings (SSSR count). The van der Waals surface area contributed by atoms with Gasteiger partial charge in [0.15, 0.2) is 0 Å². The third-order valence-electron chi connectivity index (χ3n) is 2.51. The molecule has 0 fully saturated rings. The number of nitrogens with two attached hydrogens (primary N) is 1. The SMILES string of the molecule is CC(C)N(C)CC(=O)Nc1ccccc1N.Cl.Cl. The lowest BCUT2D eigenvalue weighted by Crippen LogP contribution is -2.34. The fourth-order valence-corrected chi connectivity index (χ4v) is 1.21. The molecule has 0 spiro atoms. The number of rotatable bonds is 4. The maximum Gasteiger partial charge on any atom is 0.238 e. The number of likely N-dealkylation sites (N-methyl/N-ethyl adjacent to an activating group) is 1. The van der Waals surface area contributed by atoms with E-state index in [-0.39, 0.29) is 30.7 Å². The summed E-state index contributed by atoms with van der Waals surface area (Å²) in [7, 11) is 1.92. The molecule has 6 heteroatoms. The molecule has 0 radical (unpaired) electrons. The number of benzene rings is 1. The van der Waals surface area contributed by atoms with Crippen molar-refractivity contribution in [2.24, 2.45) is 0 Å². The number of nitrogens with zero attached hydrogens (tertiary/aromatic N) is 1. The van der Waals surface area contributed by atoms with Crippen molar-refractivity contribution >= 4 is 42.1 Å². The van der Waals surface area contributed by atoms with Crippen LogP contribution in [0.2, 0.25) is 0 Å². The third-order valence-corrected chi connectivity index (χ3v) is 2.51. The first-order chi connectivity index (χ1) is 7.50. The van der Waals surface area contributed by atoms with Crippen LogP contribution in [0.5, 0.6) is 0 Å². The lowest BCUT2D eigenvalue weighted by molar-refractivity contribution is -0.117. The van der Waals surface area contributed by atoms with Crippen LogP contribution in [0, 0.1) is 0 Å². The zero-order valence-electron chi connectivity index (χ0n) is 10.8. The Labute approximate surface area is 121 Å². The van der Waals surface area contributed by atoms with E-state index in [0.717, 1.165) is 0 Å². The topological polar surface area (TPSA) is 58.4 Å². The summed E-state index contributed by atoms with van der Waals surface area (Å²) >= 11 is 0. The zero-order chi connectivity index (χ0) is 12.1. The standard InChI is InChI=1S/C12H19N3O.2ClH/c1-9(2)15(3)8-12(16)14-11-7-5-4-6-10(11)13;;/h4-7,9H,8,13H2,1-3H3,(H,14,16);2*1H. The fraction of sp³-hybridized carbons (Fsp3) is 0.417. The van der Waals surface area contributed by atoms with Crippen LogP contribution in [0.3, 0.4) is 0 Å². The summed E-state index contributed by atoms with van der Waals surface area (Å²) in [6.45, 7) is 4.46. The van der Waals surface area contributed by atoms with Gasteiger partial charge < -0.3 is 11.1 Å². The van der Waals surface area contributed by atoms with E-state index >= 15 is 0 Å². The van der Waals surface area contributed by atoms with Gasteiger partial charge in [0.25, 0.3) is 0 Å². The Kier molecular flexibility index (Phi) is 9.71.